The fourth-order valence-corrected chi connectivity index (χ4v) is 3.96. The molecule has 4 rings (SSSR count). The van der Waals surface area contributed by atoms with E-state index in [9.17, 15) is 14.4 Å². The second-order valence-corrected chi connectivity index (χ2v) is 7.93. The minimum atomic E-state index is -0.407. The van der Waals surface area contributed by atoms with Crippen LogP contribution in [0.25, 0.3) is 0 Å². The zero-order valence-electron chi connectivity index (χ0n) is 18.1. The fraction of sp³-hybridized carbons (Fsp3) is 0.375. The van der Waals surface area contributed by atoms with E-state index in [0.717, 1.165) is 11.3 Å². The fourth-order valence-electron chi connectivity index (χ4n) is 3.96. The van der Waals surface area contributed by atoms with Gasteiger partial charge in [0.2, 0.25) is 11.8 Å². The summed E-state index contributed by atoms with van der Waals surface area (Å²) in [6, 6.07) is 14.5. The molecule has 0 unspecified atom stereocenters. The molecule has 2 fully saturated rings. The lowest BCUT2D eigenvalue weighted by Gasteiger charge is -2.26. The Bertz CT molecular complexity index is 985. The molecule has 2 aromatic carbocycles. The smallest absolute Gasteiger partial charge is 0.254 e. The van der Waals surface area contributed by atoms with Crippen molar-refractivity contribution in [2.45, 2.75) is 13.0 Å². The molecule has 2 aliphatic rings. The van der Waals surface area contributed by atoms with Crippen molar-refractivity contribution in [3.63, 3.8) is 0 Å². The van der Waals surface area contributed by atoms with Gasteiger partial charge >= 0.3 is 0 Å². The van der Waals surface area contributed by atoms with E-state index in [1.54, 1.807) is 35.1 Å². The normalized spacial score (nSPS) is 18.5. The molecule has 0 saturated carbocycles. The quantitative estimate of drug-likeness (QED) is 0.745. The molecule has 32 heavy (non-hydrogen) atoms. The molecule has 8 nitrogen and oxygen atoms in total. The molecular formula is C24H27N3O5. The van der Waals surface area contributed by atoms with Crippen LogP contribution in [0.2, 0.25) is 0 Å². The summed E-state index contributed by atoms with van der Waals surface area (Å²) in [6.07, 6.45) is 0.177. The summed E-state index contributed by atoms with van der Waals surface area (Å²) in [5.74, 6) is 0.0159. The monoisotopic (exact) mass is 437 g/mol. The third kappa shape index (κ3) is 4.91. The number of morpholine rings is 1. The Labute approximate surface area is 187 Å². The first-order valence-corrected chi connectivity index (χ1v) is 10.7. The summed E-state index contributed by atoms with van der Waals surface area (Å²) in [7, 11) is 1.58. The molecular weight excluding hydrogens is 410 g/mol. The second kappa shape index (κ2) is 9.82. The average molecular weight is 437 g/mol. The van der Waals surface area contributed by atoms with E-state index >= 15 is 0 Å². The van der Waals surface area contributed by atoms with E-state index in [1.165, 1.54) is 0 Å². The first-order valence-electron chi connectivity index (χ1n) is 10.7. The number of hydrogen-bond acceptors (Lipinski definition) is 5. The van der Waals surface area contributed by atoms with Gasteiger partial charge in [-0.1, -0.05) is 18.2 Å². The van der Waals surface area contributed by atoms with Crippen LogP contribution in [0, 0.1) is 5.92 Å². The van der Waals surface area contributed by atoms with Crippen LogP contribution < -0.4 is 15.0 Å². The molecule has 2 aliphatic heterocycles. The van der Waals surface area contributed by atoms with Crippen LogP contribution in [0.1, 0.15) is 22.3 Å². The van der Waals surface area contributed by atoms with Gasteiger partial charge in [-0.15, -0.1) is 0 Å². The maximum atomic E-state index is 12.7. The molecule has 0 spiro atoms. The van der Waals surface area contributed by atoms with Crippen LogP contribution in [0.3, 0.4) is 0 Å². The average Bonchev–Trinajstić information content (AvgIpc) is 3.24. The number of rotatable bonds is 6. The predicted molar refractivity (Wildman–Crippen MR) is 118 cm³/mol. The first-order chi connectivity index (χ1) is 15.5. The lowest BCUT2D eigenvalue weighted by atomic mass is 10.1. The van der Waals surface area contributed by atoms with Gasteiger partial charge in [-0.05, 0) is 29.8 Å². The van der Waals surface area contributed by atoms with Gasteiger partial charge in [0.1, 0.15) is 5.75 Å². The van der Waals surface area contributed by atoms with Gasteiger partial charge in [0.15, 0.2) is 0 Å². The maximum Gasteiger partial charge on any atom is 0.254 e. The Morgan fingerprint density at radius 2 is 1.88 bits per heavy atom. The number of hydrogen-bond donors (Lipinski definition) is 1. The molecule has 1 atom stereocenters. The van der Waals surface area contributed by atoms with E-state index in [2.05, 4.69) is 5.32 Å². The lowest BCUT2D eigenvalue weighted by Crippen LogP contribution is -2.40. The van der Waals surface area contributed by atoms with Gasteiger partial charge in [0, 0.05) is 49.9 Å². The zero-order chi connectivity index (χ0) is 22.5. The largest absolute Gasteiger partial charge is 0.497 e. The Kier molecular flexibility index (Phi) is 6.70. The van der Waals surface area contributed by atoms with E-state index < -0.39 is 5.92 Å². The standard InChI is InChI=1S/C24H27N3O5/c1-31-21-4-2-3-20(14-21)27-16-19(13-22(27)28)23(29)25-15-17-5-7-18(8-6-17)24(30)26-9-11-32-12-10-26/h2-8,14,19H,9-13,15-16H2,1H3,(H,25,29)/t19-/m0/s1. The number of benzene rings is 2. The molecule has 0 aromatic heterocycles. The molecule has 0 aliphatic carbocycles. The van der Waals surface area contributed by atoms with Gasteiger partial charge in [-0.2, -0.15) is 0 Å². The molecule has 2 heterocycles. The molecule has 0 bridgehead atoms. The third-order valence-corrected chi connectivity index (χ3v) is 5.83. The van der Waals surface area contributed by atoms with Gasteiger partial charge in [-0.3, -0.25) is 14.4 Å². The Hall–Kier alpha value is -3.39. The van der Waals surface area contributed by atoms with Crippen molar-refractivity contribution >= 4 is 23.4 Å². The van der Waals surface area contributed by atoms with E-state index in [4.69, 9.17) is 9.47 Å². The summed E-state index contributed by atoms with van der Waals surface area (Å²) in [5, 5.41) is 2.91. The van der Waals surface area contributed by atoms with Crippen molar-refractivity contribution in [3.8, 4) is 5.75 Å². The summed E-state index contributed by atoms with van der Waals surface area (Å²) >= 11 is 0. The Morgan fingerprint density at radius 3 is 2.59 bits per heavy atom. The summed E-state index contributed by atoms with van der Waals surface area (Å²) in [6.45, 7) is 3.01. The van der Waals surface area contributed by atoms with Crippen molar-refractivity contribution in [2.75, 3.05) is 44.9 Å². The number of carbonyl (C=O) groups is 3. The van der Waals surface area contributed by atoms with Gasteiger partial charge < -0.3 is 24.6 Å². The van der Waals surface area contributed by atoms with Crippen LogP contribution in [0.5, 0.6) is 5.75 Å². The molecule has 8 heteroatoms. The number of methoxy groups -OCH3 is 1. The van der Waals surface area contributed by atoms with E-state index in [0.29, 0.717) is 50.7 Å². The number of anilines is 1. The number of carbonyl (C=O) groups excluding carboxylic acids is 3. The molecule has 2 saturated heterocycles. The Morgan fingerprint density at radius 1 is 1.12 bits per heavy atom. The van der Waals surface area contributed by atoms with E-state index in [-0.39, 0.29) is 24.1 Å². The number of amides is 3. The van der Waals surface area contributed by atoms with Crippen molar-refractivity contribution in [2.24, 2.45) is 5.92 Å². The van der Waals surface area contributed by atoms with Crippen molar-refractivity contribution in [3.05, 3.63) is 59.7 Å². The maximum absolute atomic E-state index is 12.7. The van der Waals surface area contributed by atoms with Crippen LogP contribution >= 0.6 is 0 Å². The topological polar surface area (TPSA) is 88.2 Å². The lowest BCUT2D eigenvalue weighted by molar-refractivity contribution is -0.126. The molecule has 2 aromatic rings. The highest BCUT2D eigenvalue weighted by Gasteiger charge is 2.35. The summed E-state index contributed by atoms with van der Waals surface area (Å²) < 4.78 is 10.5. The molecule has 1 N–H and O–H groups in total. The highest BCUT2D eigenvalue weighted by molar-refractivity contribution is 6.00. The number of nitrogens with one attached hydrogen (secondary N) is 1. The van der Waals surface area contributed by atoms with Gasteiger partial charge in [-0.25, -0.2) is 0 Å². The highest BCUT2D eigenvalue weighted by atomic mass is 16.5. The highest BCUT2D eigenvalue weighted by Crippen LogP contribution is 2.28. The summed E-state index contributed by atoms with van der Waals surface area (Å²) in [4.78, 5) is 41.0. The van der Waals surface area contributed by atoms with Crippen molar-refractivity contribution < 1.29 is 23.9 Å². The SMILES string of the molecule is COc1cccc(N2C[C@@H](C(=O)NCc3ccc(C(=O)N4CCOCC4)cc3)CC2=O)c1. The zero-order valence-corrected chi connectivity index (χ0v) is 18.1. The van der Waals surface area contributed by atoms with Crippen LogP contribution in [-0.4, -0.2) is 62.6 Å². The first kappa shape index (κ1) is 21.8. The Balaban J connectivity index is 1.31. The third-order valence-electron chi connectivity index (χ3n) is 5.83. The van der Waals surface area contributed by atoms with Crippen LogP contribution in [0.4, 0.5) is 5.69 Å². The molecule has 168 valence electrons. The van der Waals surface area contributed by atoms with Crippen molar-refractivity contribution in [1.29, 1.82) is 0 Å². The van der Waals surface area contributed by atoms with E-state index in [1.807, 2.05) is 30.3 Å². The molecule has 3 amide bonds. The minimum Gasteiger partial charge on any atom is -0.497 e. The van der Waals surface area contributed by atoms with Crippen molar-refractivity contribution in [1.82, 2.24) is 10.2 Å². The van der Waals surface area contributed by atoms with Crippen LogP contribution in [0.15, 0.2) is 48.5 Å². The second-order valence-electron chi connectivity index (χ2n) is 7.93. The number of nitrogens with zero attached hydrogens (tertiary/aromatic N) is 2. The molecule has 0 radical (unpaired) electrons. The minimum absolute atomic E-state index is 0.00834. The van der Waals surface area contributed by atoms with Gasteiger partial charge in [0.05, 0.1) is 26.2 Å². The van der Waals surface area contributed by atoms with Crippen LogP contribution in [-0.2, 0) is 20.9 Å². The summed E-state index contributed by atoms with van der Waals surface area (Å²) in [5.41, 5.74) is 2.24. The number of ether oxygens (including phenoxy) is 2. The van der Waals surface area contributed by atoms with Gasteiger partial charge in [0.25, 0.3) is 5.91 Å². The predicted octanol–water partition coefficient (Wildman–Crippen LogP) is 1.84.